The first kappa shape index (κ1) is 12.0. The van der Waals surface area contributed by atoms with Gasteiger partial charge in [0.15, 0.2) is 9.84 Å². The van der Waals surface area contributed by atoms with Crippen molar-refractivity contribution in [1.82, 2.24) is 0 Å². The molecule has 0 spiro atoms. The van der Waals surface area contributed by atoms with E-state index in [0.717, 1.165) is 18.2 Å². The number of halogens is 3. The Balaban J connectivity index is 3.45. The van der Waals surface area contributed by atoms with Crippen molar-refractivity contribution in [1.29, 1.82) is 0 Å². The molecule has 2 nitrogen and oxygen atoms in total. The van der Waals surface area contributed by atoms with E-state index in [1.807, 2.05) is 0 Å². The largest absolute Gasteiger partial charge is 0.417 e. The van der Waals surface area contributed by atoms with Crippen LogP contribution in [0.25, 0.3) is 0 Å². The molecule has 1 aromatic carbocycles. The highest BCUT2D eigenvalue weighted by atomic mass is 32.2. The monoisotopic (exact) mass is 238 g/mol. The first-order valence-electron chi connectivity index (χ1n) is 4.18. The Bertz CT molecular complexity index is 449. The number of sulfone groups is 1. The van der Waals surface area contributed by atoms with Gasteiger partial charge in [-0.05, 0) is 12.1 Å². The molecule has 0 heterocycles. The summed E-state index contributed by atoms with van der Waals surface area (Å²) in [7, 11) is -3.83. The van der Waals surface area contributed by atoms with Gasteiger partial charge in [-0.1, -0.05) is 19.1 Å². The molecule has 0 fully saturated rings. The molecule has 6 heteroatoms. The highest BCUT2D eigenvalue weighted by Crippen LogP contribution is 2.34. The summed E-state index contributed by atoms with van der Waals surface area (Å²) in [5.74, 6) is -0.347. The fraction of sp³-hybridized carbons (Fsp3) is 0.333. The van der Waals surface area contributed by atoms with Gasteiger partial charge in [0, 0.05) is 0 Å². The fourth-order valence-electron chi connectivity index (χ4n) is 1.13. The van der Waals surface area contributed by atoms with E-state index in [4.69, 9.17) is 0 Å². The van der Waals surface area contributed by atoms with Crippen LogP contribution in [0.1, 0.15) is 12.5 Å². The van der Waals surface area contributed by atoms with Crippen LogP contribution in [0.15, 0.2) is 29.2 Å². The molecule has 0 aromatic heterocycles. The lowest BCUT2D eigenvalue weighted by atomic mass is 10.2. The molecule has 0 aliphatic rings. The Labute approximate surface area is 85.6 Å². The first-order chi connectivity index (χ1) is 6.79. The van der Waals surface area contributed by atoms with E-state index in [0.29, 0.717) is 0 Å². The number of alkyl halides is 3. The minimum absolute atomic E-state index is 0.347. The summed E-state index contributed by atoms with van der Waals surface area (Å²) in [6.45, 7) is 1.31. The lowest BCUT2D eigenvalue weighted by Crippen LogP contribution is -2.14. The van der Waals surface area contributed by atoms with Gasteiger partial charge >= 0.3 is 6.18 Å². The Morgan fingerprint density at radius 3 is 2.20 bits per heavy atom. The molecular formula is C9H9F3O2S. The van der Waals surface area contributed by atoms with Crippen LogP contribution in [0.2, 0.25) is 0 Å². The minimum Gasteiger partial charge on any atom is -0.224 e. The predicted octanol–water partition coefficient (Wildman–Crippen LogP) is 2.50. The number of benzene rings is 1. The van der Waals surface area contributed by atoms with Crippen LogP contribution in [0, 0.1) is 0 Å². The van der Waals surface area contributed by atoms with E-state index in [1.165, 1.54) is 13.0 Å². The van der Waals surface area contributed by atoms with Crippen molar-refractivity contribution in [2.45, 2.75) is 18.0 Å². The molecule has 15 heavy (non-hydrogen) atoms. The van der Waals surface area contributed by atoms with Crippen LogP contribution in [-0.4, -0.2) is 14.2 Å². The first-order valence-corrected chi connectivity index (χ1v) is 5.83. The molecule has 84 valence electrons. The summed E-state index contributed by atoms with van der Waals surface area (Å²) in [5, 5.41) is 0. The fourth-order valence-corrected chi connectivity index (χ4v) is 2.24. The van der Waals surface area contributed by atoms with Crippen molar-refractivity contribution in [2.24, 2.45) is 0 Å². The maximum absolute atomic E-state index is 12.5. The van der Waals surface area contributed by atoms with Crippen LogP contribution < -0.4 is 0 Å². The summed E-state index contributed by atoms with van der Waals surface area (Å²) in [6.07, 6.45) is -4.64. The van der Waals surface area contributed by atoms with Gasteiger partial charge in [-0.25, -0.2) is 8.42 Å². The van der Waals surface area contributed by atoms with Gasteiger partial charge < -0.3 is 0 Å². The lowest BCUT2D eigenvalue weighted by molar-refractivity contribution is -0.139. The quantitative estimate of drug-likeness (QED) is 0.793. The standard InChI is InChI=1S/C9H9F3O2S/c1-2-15(13,14)8-6-4-3-5-7(8)9(10,11)12/h3-6H,2H2,1H3. The Hall–Kier alpha value is -1.04. The molecule has 0 radical (unpaired) electrons. The zero-order valence-electron chi connectivity index (χ0n) is 7.88. The lowest BCUT2D eigenvalue weighted by Gasteiger charge is -2.11. The average Bonchev–Trinajstić information content (AvgIpc) is 2.16. The third-order valence-electron chi connectivity index (χ3n) is 1.91. The molecule has 1 rings (SSSR count). The second-order valence-corrected chi connectivity index (χ2v) is 5.14. The molecule has 0 bridgehead atoms. The second-order valence-electron chi connectivity index (χ2n) is 2.90. The molecule has 0 saturated carbocycles. The number of rotatable bonds is 2. The minimum atomic E-state index is -4.64. The Kier molecular flexibility index (Phi) is 3.08. The average molecular weight is 238 g/mol. The van der Waals surface area contributed by atoms with Crippen LogP contribution in [-0.2, 0) is 16.0 Å². The van der Waals surface area contributed by atoms with Crippen molar-refractivity contribution in [3.63, 3.8) is 0 Å². The van der Waals surface area contributed by atoms with Gasteiger partial charge in [0.05, 0.1) is 16.2 Å². The topological polar surface area (TPSA) is 34.1 Å². The zero-order valence-corrected chi connectivity index (χ0v) is 8.69. The highest BCUT2D eigenvalue weighted by molar-refractivity contribution is 7.91. The van der Waals surface area contributed by atoms with Crippen LogP contribution in [0.4, 0.5) is 13.2 Å². The summed E-state index contributed by atoms with van der Waals surface area (Å²) < 4.78 is 60.1. The molecule has 1 aromatic rings. The molecule has 0 aliphatic heterocycles. The highest BCUT2D eigenvalue weighted by Gasteiger charge is 2.36. The van der Waals surface area contributed by atoms with Gasteiger partial charge in [0.25, 0.3) is 0 Å². The summed E-state index contributed by atoms with van der Waals surface area (Å²) in [5.41, 5.74) is -1.10. The molecule has 0 amide bonds. The third kappa shape index (κ3) is 2.50. The summed E-state index contributed by atoms with van der Waals surface area (Å²) >= 11 is 0. The van der Waals surface area contributed by atoms with Gasteiger partial charge in [-0.2, -0.15) is 13.2 Å². The molecule has 0 aliphatic carbocycles. The van der Waals surface area contributed by atoms with Gasteiger partial charge in [-0.3, -0.25) is 0 Å². The number of hydrogen-bond donors (Lipinski definition) is 0. The SMILES string of the molecule is CCS(=O)(=O)c1ccccc1C(F)(F)F. The van der Waals surface area contributed by atoms with Crippen molar-refractivity contribution in [3.05, 3.63) is 29.8 Å². The van der Waals surface area contributed by atoms with E-state index >= 15 is 0 Å². The summed E-state index contributed by atoms with van der Waals surface area (Å²) in [6, 6.07) is 4.18. The van der Waals surface area contributed by atoms with Crippen LogP contribution >= 0.6 is 0 Å². The normalized spacial score (nSPS) is 12.8. The summed E-state index contributed by atoms with van der Waals surface area (Å²) in [4.78, 5) is -0.653. The molecule has 0 saturated heterocycles. The van der Waals surface area contributed by atoms with E-state index in [9.17, 15) is 21.6 Å². The van der Waals surface area contributed by atoms with E-state index < -0.39 is 26.5 Å². The van der Waals surface area contributed by atoms with Crippen molar-refractivity contribution >= 4 is 9.84 Å². The van der Waals surface area contributed by atoms with E-state index in [-0.39, 0.29) is 5.75 Å². The van der Waals surface area contributed by atoms with Crippen LogP contribution in [0.5, 0.6) is 0 Å². The maximum Gasteiger partial charge on any atom is 0.417 e. The molecular weight excluding hydrogens is 229 g/mol. The zero-order chi connectivity index (χ0) is 11.7. The van der Waals surface area contributed by atoms with Gasteiger partial charge in [0.1, 0.15) is 0 Å². The smallest absolute Gasteiger partial charge is 0.224 e. The van der Waals surface area contributed by atoms with Gasteiger partial charge in [0.2, 0.25) is 0 Å². The molecule has 0 atom stereocenters. The number of hydrogen-bond acceptors (Lipinski definition) is 2. The molecule has 0 unspecified atom stereocenters. The van der Waals surface area contributed by atoms with Gasteiger partial charge in [-0.15, -0.1) is 0 Å². The molecule has 0 N–H and O–H groups in total. The Morgan fingerprint density at radius 1 is 1.20 bits per heavy atom. The predicted molar refractivity (Wildman–Crippen MR) is 49.2 cm³/mol. The van der Waals surface area contributed by atoms with Crippen molar-refractivity contribution in [3.8, 4) is 0 Å². The third-order valence-corrected chi connectivity index (χ3v) is 3.69. The maximum atomic E-state index is 12.5. The van der Waals surface area contributed by atoms with E-state index in [1.54, 1.807) is 0 Å². The van der Waals surface area contributed by atoms with Crippen molar-refractivity contribution in [2.75, 3.05) is 5.75 Å². The van der Waals surface area contributed by atoms with Crippen LogP contribution in [0.3, 0.4) is 0 Å². The Morgan fingerprint density at radius 2 is 1.73 bits per heavy atom. The van der Waals surface area contributed by atoms with Crippen molar-refractivity contribution < 1.29 is 21.6 Å². The van der Waals surface area contributed by atoms with E-state index in [2.05, 4.69) is 0 Å². The second kappa shape index (κ2) is 3.84.